The Morgan fingerprint density at radius 3 is 2.05 bits per heavy atom. The topological polar surface area (TPSA) is 29.5 Å². The molecule has 8 aromatic rings. The minimum atomic E-state index is 0.870. The van der Waals surface area contributed by atoms with Crippen molar-refractivity contribution in [3.63, 3.8) is 0 Å². The van der Waals surface area contributed by atoms with Crippen LogP contribution in [-0.4, -0.2) is 0 Å². The molecule has 0 radical (unpaired) electrons. The van der Waals surface area contributed by atoms with Crippen LogP contribution in [0, 0.1) is 0 Å². The Labute approximate surface area is 212 Å². The minimum absolute atomic E-state index is 0.870. The second-order valence-electron chi connectivity index (χ2n) is 9.37. The third-order valence-electron chi connectivity index (χ3n) is 7.24. The molecule has 0 spiro atoms. The summed E-state index contributed by atoms with van der Waals surface area (Å²) in [4.78, 5) is 2.27. The Morgan fingerprint density at radius 1 is 0.405 bits per heavy atom. The van der Waals surface area contributed by atoms with Gasteiger partial charge < -0.3 is 13.7 Å². The first-order valence-electron chi connectivity index (χ1n) is 12.4. The van der Waals surface area contributed by atoms with Gasteiger partial charge in [-0.2, -0.15) is 0 Å². The Hall–Kier alpha value is -5.02. The van der Waals surface area contributed by atoms with Crippen LogP contribution in [0.4, 0.5) is 17.1 Å². The van der Waals surface area contributed by atoms with Crippen LogP contribution >= 0.6 is 0 Å². The molecule has 0 aliphatic rings. The van der Waals surface area contributed by atoms with Crippen LogP contribution in [0.15, 0.2) is 136 Å². The Kier molecular flexibility index (Phi) is 4.23. The normalized spacial score (nSPS) is 11.8. The predicted octanol–water partition coefficient (Wildman–Crippen LogP) is 10.1. The Balaban J connectivity index is 1.43. The number of nitrogens with zero attached hydrogens (tertiary/aromatic N) is 1. The maximum atomic E-state index is 6.70. The zero-order chi connectivity index (χ0) is 24.3. The van der Waals surface area contributed by atoms with Crippen molar-refractivity contribution in [2.75, 3.05) is 4.90 Å². The smallest absolute Gasteiger partial charge is 0.159 e. The van der Waals surface area contributed by atoms with Crippen molar-refractivity contribution in [2.45, 2.75) is 0 Å². The molecule has 2 heterocycles. The lowest BCUT2D eigenvalue weighted by atomic mass is 10.1. The van der Waals surface area contributed by atoms with E-state index in [-0.39, 0.29) is 0 Å². The number of anilines is 3. The number of hydrogen-bond acceptors (Lipinski definition) is 3. The van der Waals surface area contributed by atoms with Crippen molar-refractivity contribution >= 4 is 71.7 Å². The number of para-hydroxylation sites is 3. The first kappa shape index (κ1) is 20.2. The molecule has 174 valence electrons. The SMILES string of the molecule is c1ccc(N(c2ccc3oc4ccccc4c3c2)c2cccc3c2oc2c4ccccc4ccc32)cc1. The maximum absolute atomic E-state index is 6.70. The second kappa shape index (κ2) is 7.74. The third kappa shape index (κ3) is 3.01. The first-order valence-corrected chi connectivity index (χ1v) is 12.4. The van der Waals surface area contributed by atoms with Gasteiger partial charge in [-0.25, -0.2) is 0 Å². The number of furan rings is 2. The van der Waals surface area contributed by atoms with Gasteiger partial charge in [-0.3, -0.25) is 0 Å². The highest BCUT2D eigenvalue weighted by atomic mass is 16.3. The van der Waals surface area contributed by atoms with E-state index in [0.717, 1.165) is 66.3 Å². The highest BCUT2D eigenvalue weighted by Gasteiger charge is 2.20. The van der Waals surface area contributed by atoms with Gasteiger partial charge in [0.2, 0.25) is 0 Å². The molecule has 3 nitrogen and oxygen atoms in total. The molecule has 0 aliphatic heterocycles. The fourth-order valence-corrected chi connectivity index (χ4v) is 5.54. The summed E-state index contributed by atoms with van der Waals surface area (Å²) in [5.41, 5.74) is 6.67. The van der Waals surface area contributed by atoms with Gasteiger partial charge in [0.1, 0.15) is 16.7 Å². The van der Waals surface area contributed by atoms with Gasteiger partial charge in [-0.05, 0) is 53.9 Å². The number of benzene rings is 6. The van der Waals surface area contributed by atoms with Crippen molar-refractivity contribution in [3.8, 4) is 0 Å². The van der Waals surface area contributed by atoms with Gasteiger partial charge in [-0.1, -0.05) is 78.9 Å². The lowest BCUT2D eigenvalue weighted by Gasteiger charge is -2.25. The van der Waals surface area contributed by atoms with Gasteiger partial charge in [0.15, 0.2) is 5.58 Å². The summed E-state index contributed by atoms with van der Waals surface area (Å²) in [5, 5.41) is 6.74. The molecule has 0 saturated heterocycles. The molecule has 0 N–H and O–H groups in total. The molecule has 8 rings (SSSR count). The molecule has 0 bridgehead atoms. The summed E-state index contributed by atoms with van der Waals surface area (Å²) in [6.07, 6.45) is 0. The van der Waals surface area contributed by atoms with E-state index in [2.05, 4.69) is 114 Å². The van der Waals surface area contributed by atoms with Crippen LogP contribution in [0.25, 0.3) is 54.6 Å². The van der Waals surface area contributed by atoms with Crippen LogP contribution in [0.1, 0.15) is 0 Å². The molecule has 37 heavy (non-hydrogen) atoms. The predicted molar refractivity (Wildman–Crippen MR) is 153 cm³/mol. The summed E-state index contributed by atoms with van der Waals surface area (Å²) < 4.78 is 12.8. The van der Waals surface area contributed by atoms with Crippen molar-refractivity contribution in [1.82, 2.24) is 0 Å². The molecule has 0 aliphatic carbocycles. The van der Waals surface area contributed by atoms with Crippen LogP contribution in [-0.2, 0) is 0 Å². The highest BCUT2D eigenvalue weighted by molar-refractivity contribution is 6.17. The average molecular weight is 476 g/mol. The molecule has 0 unspecified atom stereocenters. The van der Waals surface area contributed by atoms with E-state index in [9.17, 15) is 0 Å². The monoisotopic (exact) mass is 475 g/mol. The fourth-order valence-electron chi connectivity index (χ4n) is 5.54. The Bertz CT molecular complexity index is 2100. The zero-order valence-corrected chi connectivity index (χ0v) is 19.9. The van der Waals surface area contributed by atoms with E-state index in [1.54, 1.807) is 0 Å². The third-order valence-corrected chi connectivity index (χ3v) is 7.24. The van der Waals surface area contributed by atoms with Crippen molar-refractivity contribution < 1.29 is 8.83 Å². The van der Waals surface area contributed by atoms with Crippen molar-refractivity contribution in [3.05, 3.63) is 127 Å². The highest BCUT2D eigenvalue weighted by Crippen LogP contribution is 2.44. The molecular weight excluding hydrogens is 454 g/mol. The second-order valence-corrected chi connectivity index (χ2v) is 9.37. The number of fused-ring (bicyclic) bond motifs is 8. The lowest BCUT2D eigenvalue weighted by Crippen LogP contribution is -2.10. The molecule has 0 fully saturated rings. The fraction of sp³-hybridized carbons (Fsp3) is 0. The molecular formula is C34H21NO2. The van der Waals surface area contributed by atoms with E-state index in [1.807, 2.05) is 18.2 Å². The number of rotatable bonds is 3. The van der Waals surface area contributed by atoms with E-state index < -0.39 is 0 Å². The van der Waals surface area contributed by atoms with Crippen LogP contribution in [0.5, 0.6) is 0 Å². The van der Waals surface area contributed by atoms with Gasteiger partial charge in [0.05, 0.1) is 5.69 Å². The quantitative estimate of drug-likeness (QED) is 0.255. The summed E-state index contributed by atoms with van der Waals surface area (Å²) >= 11 is 0. The van der Waals surface area contributed by atoms with E-state index >= 15 is 0 Å². The number of hydrogen-bond donors (Lipinski definition) is 0. The minimum Gasteiger partial charge on any atom is -0.456 e. The molecule has 3 heteroatoms. The average Bonchev–Trinajstić information content (AvgIpc) is 3.53. The van der Waals surface area contributed by atoms with Crippen LogP contribution < -0.4 is 4.90 Å². The molecule has 6 aromatic carbocycles. The van der Waals surface area contributed by atoms with Gasteiger partial charge in [-0.15, -0.1) is 0 Å². The van der Waals surface area contributed by atoms with Gasteiger partial charge in [0.25, 0.3) is 0 Å². The van der Waals surface area contributed by atoms with Gasteiger partial charge >= 0.3 is 0 Å². The van der Waals surface area contributed by atoms with Crippen LogP contribution in [0.3, 0.4) is 0 Å². The summed E-state index contributed by atoms with van der Waals surface area (Å²) in [5.74, 6) is 0. The molecule has 0 saturated carbocycles. The summed E-state index contributed by atoms with van der Waals surface area (Å²) in [6.45, 7) is 0. The lowest BCUT2D eigenvalue weighted by molar-refractivity contribution is 0.669. The largest absolute Gasteiger partial charge is 0.456 e. The molecule has 0 atom stereocenters. The van der Waals surface area contributed by atoms with E-state index in [1.165, 1.54) is 5.39 Å². The van der Waals surface area contributed by atoms with E-state index in [0.29, 0.717) is 0 Å². The summed E-state index contributed by atoms with van der Waals surface area (Å²) in [6, 6.07) is 44.2. The first-order chi connectivity index (χ1) is 18.3. The summed E-state index contributed by atoms with van der Waals surface area (Å²) in [7, 11) is 0. The molecule has 0 amide bonds. The van der Waals surface area contributed by atoms with Crippen molar-refractivity contribution in [1.29, 1.82) is 0 Å². The van der Waals surface area contributed by atoms with Crippen molar-refractivity contribution in [2.24, 2.45) is 0 Å². The molecule has 2 aromatic heterocycles. The maximum Gasteiger partial charge on any atom is 0.159 e. The van der Waals surface area contributed by atoms with Gasteiger partial charge in [0, 0.05) is 38.3 Å². The van der Waals surface area contributed by atoms with E-state index in [4.69, 9.17) is 8.83 Å². The zero-order valence-electron chi connectivity index (χ0n) is 19.9. The van der Waals surface area contributed by atoms with Crippen LogP contribution in [0.2, 0.25) is 0 Å². The standard InChI is InChI=1S/C34H21NO2/c1-2-10-23(11-3-1)35(24-18-20-32-29(21-24)26-13-6-7-16-31(26)36-32)30-15-8-14-27-28-19-17-22-9-4-5-12-25(22)33(28)37-34(27)30/h1-21H. The Morgan fingerprint density at radius 2 is 1.14 bits per heavy atom.